The largest absolute Gasteiger partial charge is 0.326 e. The van der Waals surface area contributed by atoms with Crippen molar-refractivity contribution in [3.63, 3.8) is 0 Å². The molecule has 4 aromatic rings. The first kappa shape index (κ1) is 30.4. The minimum atomic E-state index is -2.67. The predicted molar refractivity (Wildman–Crippen MR) is 150 cm³/mol. The number of rotatable bonds is 4. The Hall–Kier alpha value is -4.17. The number of urea groups is 1. The van der Waals surface area contributed by atoms with Crippen LogP contribution in [0.3, 0.4) is 0 Å². The number of nitrogens with two attached hydrogens (primary N) is 1. The topological polar surface area (TPSA) is 135 Å². The Kier molecular flexibility index (Phi) is 10.1. The zero-order valence-electron chi connectivity index (χ0n) is 23.0. The molecule has 4 aromatic heterocycles. The Morgan fingerprint density at radius 3 is 2.45 bits per heavy atom. The minimum absolute atomic E-state index is 0.206. The third kappa shape index (κ3) is 6.87. The van der Waals surface area contributed by atoms with Crippen molar-refractivity contribution in [1.82, 2.24) is 39.6 Å². The van der Waals surface area contributed by atoms with Gasteiger partial charge in [-0.3, -0.25) is 4.90 Å². The van der Waals surface area contributed by atoms with Crippen LogP contribution in [0.2, 0.25) is 5.02 Å². The highest BCUT2D eigenvalue weighted by Gasteiger charge is 2.40. The van der Waals surface area contributed by atoms with Gasteiger partial charge in [-0.2, -0.15) is 15.3 Å². The molecule has 214 valence electrons. The van der Waals surface area contributed by atoms with E-state index >= 15 is 0 Å². The number of hydrogen-bond acceptors (Lipinski definition) is 8. The van der Waals surface area contributed by atoms with Crippen LogP contribution in [0.15, 0.2) is 48.8 Å². The normalized spacial score (nSPS) is 13.7. The Balaban J connectivity index is 0.000000430. The molecule has 0 saturated heterocycles. The second kappa shape index (κ2) is 13.3. The number of pyridine rings is 1. The SMILES string of the molecule is CC.CC(C)=CN(C)N.Cc1cn2ncc3c(c2n1)C(C(F)F)CN3C(=O)Nc1cnc(-n2nccn2)c(Cl)c1. The average molecular weight is 576 g/mol. The lowest BCUT2D eigenvalue weighted by Crippen LogP contribution is -2.35. The third-order valence-electron chi connectivity index (χ3n) is 5.36. The van der Waals surface area contributed by atoms with Crippen molar-refractivity contribution in [2.24, 2.45) is 5.84 Å². The van der Waals surface area contributed by atoms with Gasteiger partial charge in [0, 0.05) is 25.4 Å². The van der Waals surface area contributed by atoms with Crippen molar-refractivity contribution in [2.45, 2.75) is 47.0 Å². The predicted octanol–water partition coefficient (Wildman–Crippen LogP) is 4.81. The molecule has 5 rings (SSSR count). The van der Waals surface area contributed by atoms with E-state index in [9.17, 15) is 13.6 Å². The minimum Gasteiger partial charge on any atom is -0.321 e. The number of hydrogen-bond donors (Lipinski definition) is 2. The number of carbonyl (C=O) groups is 1. The number of anilines is 2. The summed E-state index contributed by atoms with van der Waals surface area (Å²) in [6.07, 6.45) is 6.56. The number of amides is 2. The van der Waals surface area contributed by atoms with Crippen molar-refractivity contribution in [1.29, 1.82) is 0 Å². The molecule has 1 aliphatic rings. The molecule has 3 N–H and O–H groups in total. The molecule has 1 unspecified atom stereocenters. The molecular formula is C25H32ClF2N11O. The fourth-order valence-corrected chi connectivity index (χ4v) is 4.22. The van der Waals surface area contributed by atoms with Crippen molar-refractivity contribution in [3.8, 4) is 5.82 Å². The van der Waals surface area contributed by atoms with Gasteiger partial charge in [-0.25, -0.2) is 33.9 Å². The smallest absolute Gasteiger partial charge is 0.321 e. The van der Waals surface area contributed by atoms with Crippen LogP contribution in [0.4, 0.5) is 25.0 Å². The van der Waals surface area contributed by atoms with Crippen molar-refractivity contribution in [3.05, 3.63) is 65.1 Å². The van der Waals surface area contributed by atoms with E-state index < -0.39 is 18.4 Å². The first-order valence-electron chi connectivity index (χ1n) is 12.4. The first-order chi connectivity index (χ1) is 19.0. The molecular weight excluding hydrogens is 544 g/mol. The lowest BCUT2D eigenvalue weighted by molar-refractivity contribution is 0.120. The average Bonchev–Trinajstić information content (AvgIpc) is 3.62. The lowest BCUT2D eigenvalue weighted by Gasteiger charge is -2.18. The van der Waals surface area contributed by atoms with Crippen molar-refractivity contribution < 1.29 is 13.6 Å². The summed E-state index contributed by atoms with van der Waals surface area (Å²) in [6, 6.07) is 0.869. The highest BCUT2D eigenvalue weighted by molar-refractivity contribution is 6.32. The summed E-state index contributed by atoms with van der Waals surface area (Å²) >= 11 is 6.23. The van der Waals surface area contributed by atoms with E-state index in [1.165, 1.54) is 55.6 Å². The fourth-order valence-electron chi connectivity index (χ4n) is 3.98. The number of alkyl halides is 2. The van der Waals surface area contributed by atoms with Gasteiger partial charge >= 0.3 is 6.03 Å². The molecule has 0 bridgehead atoms. The van der Waals surface area contributed by atoms with Crippen LogP contribution in [0.1, 0.15) is 44.9 Å². The van der Waals surface area contributed by atoms with Gasteiger partial charge in [-0.15, -0.1) is 4.80 Å². The van der Waals surface area contributed by atoms with E-state index in [0.29, 0.717) is 22.6 Å². The number of hydrazine groups is 1. The van der Waals surface area contributed by atoms with E-state index in [1.54, 1.807) is 20.2 Å². The Labute approximate surface area is 235 Å². The maximum Gasteiger partial charge on any atom is 0.326 e. The van der Waals surface area contributed by atoms with Crippen molar-refractivity contribution in [2.75, 3.05) is 23.8 Å². The van der Waals surface area contributed by atoms with E-state index in [0.717, 1.165) is 0 Å². The van der Waals surface area contributed by atoms with Crippen LogP contribution in [0.5, 0.6) is 0 Å². The second-order valence-electron chi connectivity index (χ2n) is 8.80. The van der Waals surface area contributed by atoms with Crippen LogP contribution < -0.4 is 16.1 Å². The van der Waals surface area contributed by atoms with E-state index in [-0.39, 0.29) is 23.1 Å². The maximum absolute atomic E-state index is 13.8. The number of aryl methyl sites for hydroxylation is 1. The molecule has 0 aliphatic carbocycles. The van der Waals surface area contributed by atoms with Crippen LogP contribution >= 0.6 is 11.6 Å². The summed E-state index contributed by atoms with van der Waals surface area (Å²) in [7, 11) is 1.80. The van der Waals surface area contributed by atoms with Gasteiger partial charge in [0.15, 0.2) is 11.5 Å². The van der Waals surface area contributed by atoms with Gasteiger partial charge in [-0.1, -0.05) is 31.0 Å². The van der Waals surface area contributed by atoms with Gasteiger partial charge < -0.3 is 10.3 Å². The molecule has 40 heavy (non-hydrogen) atoms. The lowest BCUT2D eigenvalue weighted by atomic mass is 10.0. The highest BCUT2D eigenvalue weighted by Crippen LogP contribution is 2.41. The van der Waals surface area contributed by atoms with Crippen LogP contribution in [-0.2, 0) is 0 Å². The molecule has 12 nitrogen and oxygen atoms in total. The molecule has 2 amide bonds. The fraction of sp³-hybridized carbons (Fsp3) is 0.360. The van der Waals surface area contributed by atoms with Gasteiger partial charge in [0.25, 0.3) is 0 Å². The molecule has 1 aliphatic heterocycles. The van der Waals surface area contributed by atoms with Crippen LogP contribution in [-0.4, -0.2) is 65.6 Å². The molecule has 1 atom stereocenters. The Bertz CT molecular complexity index is 1470. The van der Waals surface area contributed by atoms with Crippen LogP contribution in [0.25, 0.3) is 11.5 Å². The molecule has 0 saturated carbocycles. The second-order valence-corrected chi connectivity index (χ2v) is 9.20. The Morgan fingerprint density at radius 2 is 1.90 bits per heavy atom. The first-order valence-corrected chi connectivity index (χ1v) is 12.8. The van der Waals surface area contributed by atoms with E-state index in [4.69, 9.17) is 17.4 Å². The zero-order chi connectivity index (χ0) is 29.6. The molecule has 0 aromatic carbocycles. The quantitative estimate of drug-likeness (QED) is 0.261. The van der Waals surface area contributed by atoms with Gasteiger partial charge in [-0.05, 0) is 26.8 Å². The maximum atomic E-state index is 13.8. The summed E-state index contributed by atoms with van der Waals surface area (Å²) in [5.41, 5.74) is 3.05. The molecule has 0 radical (unpaired) electrons. The van der Waals surface area contributed by atoms with E-state index in [1.807, 2.05) is 33.9 Å². The molecule has 0 fully saturated rings. The number of halogens is 3. The molecule has 15 heteroatoms. The summed E-state index contributed by atoms with van der Waals surface area (Å²) in [6.45, 7) is 9.55. The third-order valence-corrected chi connectivity index (χ3v) is 5.64. The van der Waals surface area contributed by atoms with Crippen LogP contribution in [0, 0.1) is 6.92 Å². The number of allylic oxidation sites excluding steroid dienone is 1. The summed E-state index contributed by atoms with van der Waals surface area (Å²) in [4.78, 5) is 23.9. The van der Waals surface area contributed by atoms with Crippen molar-refractivity contribution >= 4 is 34.7 Å². The zero-order valence-corrected chi connectivity index (χ0v) is 23.8. The number of nitrogens with zero attached hydrogens (tertiary/aromatic N) is 9. The van der Waals surface area contributed by atoms with Gasteiger partial charge in [0.2, 0.25) is 6.43 Å². The number of aromatic nitrogens is 7. The summed E-state index contributed by atoms with van der Waals surface area (Å²) < 4.78 is 29.0. The Morgan fingerprint density at radius 1 is 1.23 bits per heavy atom. The summed E-state index contributed by atoms with van der Waals surface area (Å²) in [5, 5.41) is 16.5. The molecule has 5 heterocycles. The van der Waals surface area contributed by atoms with E-state index in [2.05, 4.69) is 30.6 Å². The number of nitrogens with one attached hydrogen (secondary N) is 1. The number of carbonyl (C=O) groups excluding carboxylic acids is 1. The monoisotopic (exact) mass is 575 g/mol. The standard InChI is InChI=1S/C18H14ClF2N9O.C5H12N2.C2H6/c1-9-7-29-17(26-9)14-11(15(20)21)8-28(13(14)6-25-29)18(31)27-10-4-12(19)16(22-5-10)30-23-2-3-24-30;1-5(2)4-7(3)6;1-2/h2-7,11,15H,8H2,1H3,(H,27,31);4H,6H2,1-3H3;1-2H3. The van der Waals surface area contributed by atoms with Gasteiger partial charge in [0.05, 0.1) is 59.0 Å². The highest BCUT2D eigenvalue weighted by atomic mass is 35.5. The number of imidazole rings is 1. The molecule has 0 spiro atoms. The number of fused-ring (bicyclic) bond motifs is 3. The summed E-state index contributed by atoms with van der Waals surface area (Å²) in [5.74, 6) is 4.36. The van der Waals surface area contributed by atoms with Gasteiger partial charge in [0.1, 0.15) is 0 Å².